The van der Waals surface area contributed by atoms with Gasteiger partial charge in [0.1, 0.15) is 0 Å². The molecule has 3 rings (SSSR count). The van der Waals surface area contributed by atoms with Crippen LogP contribution in [-0.4, -0.2) is 32.9 Å². The number of hydrogen-bond donors (Lipinski definition) is 0. The van der Waals surface area contributed by atoms with Crippen molar-refractivity contribution in [1.29, 1.82) is 0 Å². The van der Waals surface area contributed by atoms with Gasteiger partial charge in [0, 0.05) is 37.6 Å². The molecular formula is C16H18N4S. The number of likely N-dealkylation sites (N-methyl/N-ethyl adjacent to an activating group) is 1. The smallest absolute Gasteiger partial charge is 0.0954 e. The van der Waals surface area contributed by atoms with Crippen LogP contribution < -0.4 is 0 Å². The highest BCUT2D eigenvalue weighted by atomic mass is 32.1. The molecule has 1 atom stereocenters. The maximum absolute atomic E-state index is 4.71. The molecule has 5 heteroatoms. The second kappa shape index (κ2) is 6.28. The number of rotatable bonds is 5. The van der Waals surface area contributed by atoms with Gasteiger partial charge in [0.25, 0.3) is 0 Å². The average molecular weight is 298 g/mol. The van der Waals surface area contributed by atoms with Gasteiger partial charge in [-0.25, -0.2) is 4.98 Å². The molecule has 2 aromatic heterocycles. The molecule has 2 heterocycles. The fourth-order valence-corrected chi connectivity index (χ4v) is 3.33. The zero-order valence-electron chi connectivity index (χ0n) is 12.2. The van der Waals surface area contributed by atoms with Crippen molar-refractivity contribution in [1.82, 2.24) is 19.9 Å². The van der Waals surface area contributed by atoms with Crippen molar-refractivity contribution >= 4 is 21.6 Å². The van der Waals surface area contributed by atoms with Crippen molar-refractivity contribution in [3.05, 3.63) is 53.6 Å². The third-order valence-electron chi connectivity index (χ3n) is 3.59. The Morgan fingerprint density at radius 2 is 2.10 bits per heavy atom. The third kappa shape index (κ3) is 3.43. The number of fused-ring (bicyclic) bond motifs is 1. The standard InChI is InChI=1S/C16H18N4S/c1-12(20(2)11-13-10-17-7-8-18-13)9-16-19-14-5-3-4-6-15(14)21-16/h3-8,10,12H,9,11H2,1-2H3/t12-/m0/s1. The molecule has 0 unspecified atom stereocenters. The van der Waals surface area contributed by atoms with Gasteiger partial charge in [-0.05, 0) is 26.1 Å². The molecule has 0 bridgehead atoms. The van der Waals surface area contributed by atoms with Crippen molar-refractivity contribution in [3.63, 3.8) is 0 Å². The van der Waals surface area contributed by atoms with Crippen molar-refractivity contribution in [2.45, 2.75) is 25.9 Å². The van der Waals surface area contributed by atoms with E-state index in [9.17, 15) is 0 Å². The Morgan fingerprint density at radius 1 is 1.24 bits per heavy atom. The maximum atomic E-state index is 4.71. The van der Waals surface area contributed by atoms with Crippen molar-refractivity contribution in [3.8, 4) is 0 Å². The Bertz CT molecular complexity index is 677. The van der Waals surface area contributed by atoms with Crippen molar-refractivity contribution in [2.75, 3.05) is 7.05 Å². The molecule has 0 saturated heterocycles. The van der Waals surface area contributed by atoms with Crippen LogP contribution in [0.15, 0.2) is 42.9 Å². The lowest BCUT2D eigenvalue weighted by Gasteiger charge is -2.23. The lowest BCUT2D eigenvalue weighted by Crippen LogP contribution is -2.30. The van der Waals surface area contributed by atoms with Crippen LogP contribution in [0.1, 0.15) is 17.6 Å². The first-order chi connectivity index (χ1) is 10.2. The van der Waals surface area contributed by atoms with E-state index in [-0.39, 0.29) is 0 Å². The van der Waals surface area contributed by atoms with E-state index in [1.807, 2.05) is 12.3 Å². The van der Waals surface area contributed by atoms with Gasteiger partial charge >= 0.3 is 0 Å². The third-order valence-corrected chi connectivity index (χ3v) is 4.65. The van der Waals surface area contributed by atoms with E-state index >= 15 is 0 Å². The molecule has 0 aliphatic rings. The number of thiazole rings is 1. The summed E-state index contributed by atoms with van der Waals surface area (Å²) in [6.07, 6.45) is 6.21. The summed E-state index contributed by atoms with van der Waals surface area (Å²) < 4.78 is 1.26. The molecule has 0 N–H and O–H groups in total. The van der Waals surface area contributed by atoms with Gasteiger partial charge in [0.15, 0.2) is 0 Å². The van der Waals surface area contributed by atoms with E-state index in [2.05, 4.69) is 47.0 Å². The molecule has 21 heavy (non-hydrogen) atoms. The van der Waals surface area contributed by atoms with Crippen LogP contribution in [0.25, 0.3) is 10.2 Å². The van der Waals surface area contributed by atoms with Crippen LogP contribution >= 0.6 is 11.3 Å². The summed E-state index contributed by atoms with van der Waals surface area (Å²) in [5, 5.41) is 1.19. The minimum absolute atomic E-state index is 0.410. The van der Waals surface area contributed by atoms with Gasteiger partial charge in [0.05, 0.1) is 20.9 Å². The largest absolute Gasteiger partial charge is 0.297 e. The summed E-state index contributed by atoms with van der Waals surface area (Å²) in [6, 6.07) is 8.71. The highest BCUT2D eigenvalue weighted by molar-refractivity contribution is 7.18. The minimum Gasteiger partial charge on any atom is -0.297 e. The summed E-state index contributed by atoms with van der Waals surface area (Å²) in [7, 11) is 2.12. The number of hydrogen-bond acceptors (Lipinski definition) is 5. The van der Waals surface area contributed by atoms with Gasteiger partial charge in [-0.15, -0.1) is 11.3 Å². The highest BCUT2D eigenvalue weighted by Gasteiger charge is 2.13. The van der Waals surface area contributed by atoms with E-state index in [0.717, 1.165) is 24.2 Å². The summed E-state index contributed by atoms with van der Waals surface area (Å²) in [5.74, 6) is 0. The van der Waals surface area contributed by atoms with Crippen LogP contribution in [0.4, 0.5) is 0 Å². The molecule has 4 nitrogen and oxygen atoms in total. The Labute approximate surface area is 128 Å². The summed E-state index contributed by atoms with van der Waals surface area (Å²) in [5.41, 5.74) is 2.09. The zero-order valence-corrected chi connectivity index (χ0v) is 13.0. The van der Waals surface area contributed by atoms with Crippen molar-refractivity contribution in [2.24, 2.45) is 0 Å². The normalized spacial score (nSPS) is 12.9. The van der Waals surface area contributed by atoms with Crippen LogP contribution in [0, 0.1) is 0 Å². The number of aromatic nitrogens is 3. The Morgan fingerprint density at radius 3 is 2.86 bits per heavy atom. The predicted octanol–water partition coefficient (Wildman–Crippen LogP) is 3.15. The predicted molar refractivity (Wildman–Crippen MR) is 86.3 cm³/mol. The molecule has 0 saturated carbocycles. The topological polar surface area (TPSA) is 41.9 Å². The van der Waals surface area contributed by atoms with E-state index in [1.165, 1.54) is 9.71 Å². The van der Waals surface area contributed by atoms with E-state index in [1.54, 1.807) is 23.7 Å². The average Bonchev–Trinajstić information content (AvgIpc) is 2.90. The van der Waals surface area contributed by atoms with Gasteiger partial charge in [-0.3, -0.25) is 14.9 Å². The second-order valence-corrected chi connectivity index (χ2v) is 6.36. The van der Waals surface area contributed by atoms with Crippen molar-refractivity contribution < 1.29 is 0 Å². The molecule has 108 valence electrons. The second-order valence-electron chi connectivity index (χ2n) is 5.24. The molecule has 0 amide bonds. The molecular weight excluding hydrogens is 280 g/mol. The van der Waals surface area contributed by atoms with Gasteiger partial charge < -0.3 is 0 Å². The first kappa shape index (κ1) is 14.1. The van der Waals surface area contributed by atoms with Crippen LogP contribution in [0.3, 0.4) is 0 Å². The number of benzene rings is 1. The Kier molecular flexibility index (Phi) is 4.22. The fraction of sp³-hybridized carbons (Fsp3) is 0.312. The first-order valence-electron chi connectivity index (χ1n) is 7.02. The molecule has 0 aliphatic carbocycles. The van der Waals surface area contributed by atoms with Crippen LogP contribution in [0.5, 0.6) is 0 Å². The molecule has 0 aliphatic heterocycles. The summed E-state index contributed by atoms with van der Waals surface area (Å²) in [6.45, 7) is 3.03. The zero-order chi connectivity index (χ0) is 14.7. The van der Waals surface area contributed by atoms with E-state index < -0.39 is 0 Å². The molecule has 3 aromatic rings. The van der Waals surface area contributed by atoms with Gasteiger partial charge in [0.2, 0.25) is 0 Å². The fourth-order valence-electron chi connectivity index (χ4n) is 2.24. The first-order valence-corrected chi connectivity index (χ1v) is 7.83. The lowest BCUT2D eigenvalue weighted by molar-refractivity contribution is 0.245. The number of para-hydroxylation sites is 1. The van der Waals surface area contributed by atoms with E-state index in [0.29, 0.717) is 6.04 Å². The highest BCUT2D eigenvalue weighted by Crippen LogP contribution is 2.23. The van der Waals surface area contributed by atoms with Gasteiger partial charge in [-0.2, -0.15) is 0 Å². The Balaban J connectivity index is 1.66. The Hall–Kier alpha value is -1.85. The van der Waals surface area contributed by atoms with Gasteiger partial charge in [-0.1, -0.05) is 12.1 Å². The monoisotopic (exact) mass is 298 g/mol. The molecule has 1 aromatic carbocycles. The van der Waals surface area contributed by atoms with Crippen LogP contribution in [-0.2, 0) is 13.0 Å². The quantitative estimate of drug-likeness (QED) is 0.725. The summed E-state index contributed by atoms with van der Waals surface area (Å²) in [4.78, 5) is 15.4. The number of nitrogens with zero attached hydrogens (tertiary/aromatic N) is 4. The SMILES string of the molecule is C[C@@H](Cc1nc2ccccc2s1)N(C)Cc1cnccn1. The maximum Gasteiger partial charge on any atom is 0.0954 e. The lowest BCUT2D eigenvalue weighted by atomic mass is 10.2. The summed E-state index contributed by atoms with van der Waals surface area (Å²) >= 11 is 1.78. The minimum atomic E-state index is 0.410. The van der Waals surface area contributed by atoms with E-state index in [4.69, 9.17) is 4.98 Å². The molecule has 0 radical (unpaired) electrons. The molecule has 0 fully saturated rings. The van der Waals surface area contributed by atoms with Crippen LogP contribution in [0.2, 0.25) is 0 Å². The molecule has 0 spiro atoms.